The SMILES string of the molecule is C=CCC(=C)C(=O)c1cnc(Nc2ccc(C3CCC(N4CCN(C)CC4)CC3)cc2)nc1Nc1cccc(C(C)(C)O)n1. The van der Waals surface area contributed by atoms with Crippen molar-refractivity contribution in [2.75, 3.05) is 43.9 Å². The van der Waals surface area contributed by atoms with Gasteiger partial charge in [-0.05, 0) is 94.3 Å². The highest BCUT2D eigenvalue weighted by Crippen LogP contribution is 2.36. The number of aliphatic hydroxyl groups is 1. The minimum atomic E-state index is -1.12. The number of carbonyl (C=O) groups is 1. The van der Waals surface area contributed by atoms with E-state index in [9.17, 15) is 9.90 Å². The zero-order valence-electron chi connectivity index (χ0n) is 26.2. The maximum atomic E-state index is 13.2. The number of likely N-dealkylation sites (N-methyl/N-ethyl adjacent to an activating group) is 1. The fourth-order valence-corrected chi connectivity index (χ4v) is 6.06. The molecule has 3 aromatic rings. The first-order valence-corrected chi connectivity index (χ1v) is 15.6. The third-order valence-electron chi connectivity index (χ3n) is 8.76. The molecule has 2 aromatic heterocycles. The van der Waals surface area contributed by atoms with Gasteiger partial charge in [-0.2, -0.15) is 4.98 Å². The summed E-state index contributed by atoms with van der Waals surface area (Å²) in [6, 6.07) is 14.6. The van der Waals surface area contributed by atoms with Gasteiger partial charge in [0.2, 0.25) is 5.95 Å². The van der Waals surface area contributed by atoms with E-state index in [-0.39, 0.29) is 11.3 Å². The molecule has 9 nitrogen and oxygen atoms in total. The molecule has 44 heavy (non-hydrogen) atoms. The van der Waals surface area contributed by atoms with Crippen LogP contribution in [0.1, 0.15) is 73.5 Å². The highest BCUT2D eigenvalue weighted by Gasteiger charge is 2.28. The Morgan fingerprint density at radius 3 is 2.39 bits per heavy atom. The monoisotopic (exact) mass is 595 g/mol. The van der Waals surface area contributed by atoms with Crippen LogP contribution in [0.4, 0.5) is 23.3 Å². The van der Waals surface area contributed by atoms with Gasteiger partial charge in [-0.3, -0.25) is 9.69 Å². The summed E-state index contributed by atoms with van der Waals surface area (Å²) in [5.41, 5.74) is 2.27. The summed E-state index contributed by atoms with van der Waals surface area (Å²) < 4.78 is 0. The lowest BCUT2D eigenvalue weighted by molar-refractivity contribution is 0.0740. The van der Waals surface area contributed by atoms with Crippen LogP contribution in [-0.4, -0.2) is 74.9 Å². The number of nitrogens with one attached hydrogen (secondary N) is 2. The molecule has 5 rings (SSSR count). The van der Waals surface area contributed by atoms with Gasteiger partial charge in [-0.1, -0.05) is 30.9 Å². The van der Waals surface area contributed by atoms with Gasteiger partial charge in [-0.25, -0.2) is 9.97 Å². The summed E-state index contributed by atoms with van der Waals surface area (Å²) in [7, 11) is 2.21. The Morgan fingerprint density at radius 2 is 1.73 bits per heavy atom. The van der Waals surface area contributed by atoms with E-state index in [1.165, 1.54) is 63.6 Å². The first kappa shape index (κ1) is 31.5. The second-order valence-electron chi connectivity index (χ2n) is 12.6. The van der Waals surface area contributed by atoms with Crippen molar-refractivity contribution >= 4 is 29.1 Å². The average molecular weight is 596 g/mol. The highest BCUT2D eigenvalue weighted by molar-refractivity contribution is 6.11. The minimum Gasteiger partial charge on any atom is -0.384 e. The van der Waals surface area contributed by atoms with E-state index in [1.807, 2.05) is 0 Å². The molecule has 2 fully saturated rings. The number of Topliss-reactive ketones (excluding diaryl/α,β-unsaturated/α-hetero) is 1. The molecule has 0 unspecified atom stereocenters. The third kappa shape index (κ3) is 7.77. The molecular weight excluding hydrogens is 550 g/mol. The second kappa shape index (κ2) is 13.8. The largest absolute Gasteiger partial charge is 0.384 e. The fourth-order valence-electron chi connectivity index (χ4n) is 6.06. The molecule has 1 saturated heterocycles. The predicted molar refractivity (Wildman–Crippen MR) is 177 cm³/mol. The van der Waals surface area contributed by atoms with Crippen molar-refractivity contribution in [1.29, 1.82) is 0 Å². The number of carbonyl (C=O) groups excluding carboxylic acids is 1. The Bertz CT molecular complexity index is 1470. The molecule has 2 aliphatic rings. The van der Waals surface area contributed by atoms with Crippen molar-refractivity contribution in [3.8, 4) is 0 Å². The molecule has 1 aliphatic heterocycles. The quantitative estimate of drug-likeness (QED) is 0.136. The number of piperazine rings is 1. The van der Waals surface area contributed by atoms with Crippen molar-refractivity contribution in [2.24, 2.45) is 0 Å². The Labute approximate surface area is 261 Å². The number of aromatic nitrogens is 3. The Kier molecular flexibility index (Phi) is 9.88. The lowest BCUT2D eigenvalue weighted by Crippen LogP contribution is -2.49. The van der Waals surface area contributed by atoms with E-state index >= 15 is 0 Å². The number of hydrogen-bond acceptors (Lipinski definition) is 9. The zero-order chi connectivity index (χ0) is 31.3. The third-order valence-corrected chi connectivity index (χ3v) is 8.76. The van der Waals surface area contributed by atoms with Crippen LogP contribution in [-0.2, 0) is 5.60 Å². The Balaban J connectivity index is 1.28. The van der Waals surface area contributed by atoms with Gasteiger partial charge in [0.1, 0.15) is 17.2 Å². The molecule has 1 aliphatic carbocycles. The van der Waals surface area contributed by atoms with Crippen LogP contribution in [0.25, 0.3) is 0 Å². The van der Waals surface area contributed by atoms with Crippen molar-refractivity contribution in [3.05, 3.63) is 90.3 Å². The summed E-state index contributed by atoms with van der Waals surface area (Å²) in [5, 5.41) is 16.9. The van der Waals surface area contributed by atoms with E-state index in [0.29, 0.717) is 41.2 Å². The highest BCUT2D eigenvalue weighted by atomic mass is 16.3. The summed E-state index contributed by atoms with van der Waals surface area (Å²) in [6.45, 7) is 15.7. The molecule has 232 valence electrons. The summed E-state index contributed by atoms with van der Waals surface area (Å²) >= 11 is 0. The van der Waals surface area contributed by atoms with Gasteiger partial charge < -0.3 is 20.6 Å². The molecule has 0 atom stereocenters. The number of benzene rings is 1. The first-order valence-electron chi connectivity index (χ1n) is 15.6. The molecule has 9 heteroatoms. The molecular formula is C35H45N7O2. The lowest BCUT2D eigenvalue weighted by Gasteiger charge is -2.41. The van der Waals surface area contributed by atoms with E-state index < -0.39 is 5.60 Å². The van der Waals surface area contributed by atoms with Gasteiger partial charge in [-0.15, -0.1) is 6.58 Å². The topological polar surface area (TPSA) is 107 Å². The standard InChI is InChI=1S/C35H45N7O2/c1-6-8-24(2)32(43)29-23-36-34(40-33(29)39-31-10-7-9-30(38-31)35(3,4)44)37-27-15-11-25(12-16-27)26-13-17-28(18-14-26)42-21-19-41(5)20-22-42/h6-7,9-12,15-16,23,26,28,44H,1-2,8,13-14,17-22H2,3-5H3,(H2,36,37,38,39,40). The maximum absolute atomic E-state index is 13.2. The van der Waals surface area contributed by atoms with Crippen LogP contribution in [0.2, 0.25) is 0 Å². The molecule has 0 amide bonds. The Morgan fingerprint density at radius 1 is 1.02 bits per heavy atom. The van der Waals surface area contributed by atoms with E-state index in [4.69, 9.17) is 0 Å². The smallest absolute Gasteiger partial charge is 0.229 e. The first-order chi connectivity index (χ1) is 21.1. The van der Waals surface area contributed by atoms with Crippen LogP contribution in [0.15, 0.2) is 73.5 Å². The molecule has 0 bridgehead atoms. The van der Waals surface area contributed by atoms with Gasteiger partial charge in [0.05, 0.1) is 11.3 Å². The van der Waals surface area contributed by atoms with Crippen molar-refractivity contribution in [1.82, 2.24) is 24.8 Å². The van der Waals surface area contributed by atoms with Gasteiger partial charge in [0.25, 0.3) is 0 Å². The van der Waals surface area contributed by atoms with E-state index in [2.05, 4.69) is 79.9 Å². The van der Waals surface area contributed by atoms with Crippen molar-refractivity contribution in [2.45, 2.75) is 63.5 Å². The fraction of sp³-hybridized carbons (Fsp3) is 0.429. The molecule has 0 radical (unpaired) electrons. The number of hydrogen-bond donors (Lipinski definition) is 3. The molecule has 3 heterocycles. The molecule has 1 aromatic carbocycles. The van der Waals surface area contributed by atoms with Crippen molar-refractivity contribution in [3.63, 3.8) is 0 Å². The average Bonchev–Trinajstić information content (AvgIpc) is 3.02. The molecule has 1 saturated carbocycles. The van der Waals surface area contributed by atoms with Crippen LogP contribution in [0.5, 0.6) is 0 Å². The van der Waals surface area contributed by atoms with Crippen LogP contribution in [0, 0.1) is 0 Å². The zero-order valence-corrected chi connectivity index (χ0v) is 26.2. The normalized spacial score (nSPS) is 19.7. The van der Waals surface area contributed by atoms with Crippen LogP contribution < -0.4 is 10.6 Å². The number of anilines is 4. The van der Waals surface area contributed by atoms with Gasteiger partial charge >= 0.3 is 0 Å². The van der Waals surface area contributed by atoms with Crippen molar-refractivity contribution < 1.29 is 9.90 Å². The maximum Gasteiger partial charge on any atom is 0.229 e. The lowest BCUT2D eigenvalue weighted by atomic mass is 9.81. The van der Waals surface area contributed by atoms with E-state index in [0.717, 1.165) is 11.7 Å². The minimum absolute atomic E-state index is 0.274. The van der Waals surface area contributed by atoms with Gasteiger partial charge in [0.15, 0.2) is 5.78 Å². The van der Waals surface area contributed by atoms with Crippen LogP contribution in [0.3, 0.4) is 0 Å². The number of allylic oxidation sites excluding steroid dienone is 2. The van der Waals surface area contributed by atoms with E-state index in [1.54, 1.807) is 38.1 Å². The number of ketones is 1. The number of pyridine rings is 1. The number of nitrogens with zero attached hydrogens (tertiary/aromatic N) is 5. The molecule has 3 N–H and O–H groups in total. The van der Waals surface area contributed by atoms with Gasteiger partial charge in [0, 0.05) is 44.1 Å². The Hall–Kier alpha value is -3.92. The number of rotatable bonds is 11. The summed E-state index contributed by atoms with van der Waals surface area (Å²) in [6.07, 6.45) is 8.46. The summed E-state index contributed by atoms with van der Waals surface area (Å²) in [5.74, 6) is 1.40. The summed E-state index contributed by atoms with van der Waals surface area (Å²) in [4.78, 5) is 31.9. The second-order valence-corrected chi connectivity index (χ2v) is 12.6. The van der Waals surface area contributed by atoms with Crippen LogP contribution >= 0.6 is 0 Å². The predicted octanol–water partition coefficient (Wildman–Crippen LogP) is 6.17. The molecule has 0 spiro atoms.